The first-order chi connectivity index (χ1) is 11.0. The van der Waals surface area contributed by atoms with Crippen molar-refractivity contribution >= 4 is 23.1 Å². The molecule has 0 bridgehead atoms. The van der Waals surface area contributed by atoms with Gasteiger partial charge in [-0.25, -0.2) is 0 Å². The Hall–Kier alpha value is -1.22. The molecule has 0 radical (unpaired) electrons. The van der Waals surface area contributed by atoms with Crippen molar-refractivity contribution in [3.05, 3.63) is 40.1 Å². The summed E-state index contributed by atoms with van der Waals surface area (Å²) in [5, 5.41) is 10.7. The number of hydrogen-bond acceptors (Lipinski definition) is 3. The number of carbonyl (C=O) groups is 1. The van der Waals surface area contributed by atoms with Crippen LogP contribution in [0.4, 0.5) is 0 Å². The van der Waals surface area contributed by atoms with Crippen LogP contribution in [0, 0.1) is 32.6 Å². The number of aryl methyl sites for hydroxylation is 3. The van der Waals surface area contributed by atoms with Crippen LogP contribution in [-0.4, -0.2) is 22.4 Å². The molecule has 1 N–H and O–H groups in total. The molecule has 1 saturated heterocycles. The first-order valence-corrected chi connectivity index (χ1v) is 9.74. The largest absolute Gasteiger partial charge is 0.512 e. The lowest BCUT2D eigenvalue weighted by Crippen LogP contribution is -2.28. The summed E-state index contributed by atoms with van der Waals surface area (Å²) in [7, 11) is 0. The smallest absolute Gasteiger partial charge is 0.167 e. The quantitative estimate of drug-likeness (QED) is 0.829. The van der Waals surface area contributed by atoms with E-state index >= 15 is 0 Å². The van der Waals surface area contributed by atoms with Gasteiger partial charge in [-0.05, 0) is 73.6 Å². The number of Topliss-reactive ketones (excluding diaryl/α,β-unsaturated/α-hetero) is 1. The average molecular weight is 330 g/mol. The molecule has 2 atom stereocenters. The Morgan fingerprint density at radius 1 is 1.09 bits per heavy atom. The number of benzene rings is 1. The molecule has 0 spiro atoms. The van der Waals surface area contributed by atoms with Crippen LogP contribution in [0.25, 0.3) is 5.57 Å². The molecular formula is C20H26O2S. The SMILES string of the molecule is Cc1cc(C)c(C2=C(O)CC(C3CCCSC3)CC2=O)c(C)c1. The summed E-state index contributed by atoms with van der Waals surface area (Å²) in [6.45, 7) is 6.14. The van der Waals surface area contributed by atoms with Gasteiger partial charge in [-0.15, -0.1) is 0 Å². The summed E-state index contributed by atoms with van der Waals surface area (Å²) >= 11 is 1.99. The highest BCUT2D eigenvalue weighted by Gasteiger charge is 2.34. The zero-order valence-electron chi connectivity index (χ0n) is 14.3. The number of allylic oxidation sites excluding steroid dienone is 2. The molecular weight excluding hydrogens is 304 g/mol. The van der Waals surface area contributed by atoms with Gasteiger partial charge >= 0.3 is 0 Å². The third kappa shape index (κ3) is 3.35. The third-order valence-corrected chi connectivity index (χ3v) is 6.50. The van der Waals surface area contributed by atoms with Crippen LogP contribution in [-0.2, 0) is 4.79 Å². The van der Waals surface area contributed by atoms with Gasteiger partial charge < -0.3 is 5.11 Å². The van der Waals surface area contributed by atoms with Crippen molar-refractivity contribution in [1.29, 1.82) is 0 Å². The summed E-state index contributed by atoms with van der Waals surface area (Å²) in [4.78, 5) is 12.8. The van der Waals surface area contributed by atoms with Gasteiger partial charge in [0, 0.05) is 12.8 Å². The van der Waals surface area contributed by atoms with Crippen LogP contribution in [0.15, 0.2) is 17.9 Å². The number of rotatable bonds is 2. The van der Waals surface area contributed by atoms with Crippen molar-refractivity contribution in [2.45, 2.75) is 46.5 Å². The second-order valence-corrected chi connectivity index (χ2v) is 8.31. The van der Waals surface area contributed by atoms with E-state index < -0.39 is 0 Å². The highest BCUT2D eigenvalue weighted by atomic mass is 32.2. The molecule has 2 unspecified atom stereocenters. The van der Waals surface area contributed by atoms with Crippen molar-refractivity contribution in [3.8, 4) is 0 Å². The minimum atomic E-state index is 0.129. The van der Waals surface area contributed by atoms with Gasteiger partial charge in [-0.2, -0.15) is 11.8 Å². The van der Waals surface area contributed by atoms with Gasteiger partial charge in [0.2, 0.25) is 0 Å². The lowest BCUT2D eigenvalue weighted by molar-refractivity contribution is -0.115. The Bertz CT molecular complexity index is 631. The summed E-state index contributed by atoms with van der Waals surface area (Å²) in [5.41, 5.74) is 4.91. The predicted molar refractivity (Wildman–Crippen MR) is 98.0 cm³/mol. The van der Waals surface area contributed by atoms with E-state index in [1.165, 1.54) is 24.2 Å². The van der Waals surface area contributed by atoms with E-state index in [0.29, 0.717) is 36.0 Å². The summed E-state index contributed by atoms with van der Waals surface area (Å²) < 4.78 is 0. The fraction of sp³-hybridized carbons (Fsp3) is 0.550. The predicted octanol–water partition coefficient (Wildman–Crippen LogP) is 5.00. The topological polar surface area (TPSA) is 37.3 Å². The average Bonchev–Trinajstić information content (AvgIpc) is 2.49. The standard InChI is InChI=1S/C20H26O2S/c1-12-7-13(2)19(14(3)8-12)20-17(21)9-16(10-18(20)22)15-5-4-6-23-11-15/h7-8,15-16,21H,4-6,9-11H2,1-3H3. The maximum Gasteiger partial charge on any atom is 0.167 e. The number of thioether (sulfide) groups is 1. The molecule has 0 saturated carbocycles. The minimum absolute atomic E-state index is 0.129. The molecule has 1 aliphatic carbocycles. The molecule has 1 aliphatic heterocycles. The highest BCUT2D eigenvalue weighted by Crippen LogP contribution is 2.41. The summed E-state index contributed by atoms with van der Waals surface area (Å²) in [6.07, 6.45) is 3.71. The van der Waals surface area contributed by atoms with E-state index in [9.17, 15) is 9.90 Å². The fourth-order valence-electron chi connectivity index (χ4n) is 4.25. The van der Waals surface area contributed by atoms with Gasteiger partial charge in [-0.1, -0.05) is 17.7 Å². The Balaban J connectivity index is 1.93. The van der Waals surface area contributed by atoms with E-state index in [1.807, 2.05) is 25.6 Å². The Morgan fingerprint density at radius 2 is 1.78 bits per heavy atom. The Morgan fingerprint density at radius 3 is 2.35 bits per heavy atom. The van der Waals surface area contributed by atoms with Crippen molar-refractivity contribution in [3.63, 3.8) is 0 Å². The fourth-order valence-corrected chi connectivity index (χ4v) is 5.53. The van der Waals surface area contributed by atoms with Gasteiger partial charge in [0.25, 0.3) is 0 Å². The second-order valence-electron chi connectivity index (χ2n) is 7.16. The van der Waals surface area contributed by atoms with Gasteiger partial charge in [0.1, 0.15) is 5.76 Å². The van der Waals surface area contributed by atoms with E-state index in [4.69, 9.17) is 0 Å². The lowest BCUT2D eigenvalue weighted by atomic mass is 9.75. The van der Waals surface area contributed by atoms with Crippen LogP contribution in [0.2, 0.25) is 0 Å². The molecule has 0 amide bonds. The van der Waals surface area contributed by atoms with Crippen LogP contribution < -0.4 is 0 Å². The number of aliphatic hydroxyl groups excluding tert-OH is 1. The van der Waals surface area contributed by atoms with Crippen LogP contribution in [0.1, 0.15) is 47.9 Å². The van der Waals surface area contributed by atoms with E-state index in [0.717, 1.165) is 22.4 Å². The molecule has 1 fully saturated rings. The Labute approximate surface area is 143 Å². The molecule has 3 rings (SSSR count). The number of aliphatic hydroxyl groups is 1. The zero-order chi connectivity index (χ0) is 16.6. The van der Waals surface area contributed by atoms with Crippen molar-refractivity contribution in [2.24, 2.45) is 11.8 Å². The number of carbonyl (C=O) groups excluding carboxylic acids is 1. The molecule has 2 nitrogen and oxygen atoms in total. The Kier molecular flexibility index (Phi) is 4.86. The van der Waals surface area contributed by atoms with Crippen LogP contribution >= 0.6 is 11.8 Å². The molecule has 0 aromatic heterocycles. The van der Waals surface area contributed by atoms with Crippen molar-refractivity contribution in [1.82, 2.24) is 0 Å². The minimum Gasteiger partial charge on any atom is -0.512 e. The zero-order valence-corrected chi connectivity index (χ0v) is 15.1. The van der Waals surface area contributed by atoms with Gasteiger partial charge in [0.15, 0.2) is 5.78 Å². The van der Waals surface area contributed by atoms with E-state index in [2.05, 4.69) is 19.1 Å². The first-order valence-electron chi connectivity index (χ1n) is 8.58. The molecule has 2 aliphatic rings. The van der Waals surface area contributed by atoms with Crippen LogP contribution in [0.5, 0.6) is 0 Å². The van der Waals surface area contributed by atoms with E-state index in [-0.39, 0.29) is 5.78 Å². The number of hydrogen-bond donors (Lipinski definition) is 1. The van der Waals surface area contributed by atoms with Gasteiger partial charge in [0.05, 0.1) is 5.57 Å². The maximum absolute atomic E-state index is 12.8. The lowest BCUT2D eigenvalue weighted by Gasteiger charge is -2.33. The molecule has 1 aromatic rings. The number of ketones is 1. The molecule has 1 heterocycles. The maximum atomic E-state index is 12.8. The molecule has 3 heteroatoms. The highest BCUT2D eigenvalue weighted by molar-refractivity contribution is 7.99. The third-order valence-electron chi connectivity index (χ3n) is 5.26. The van der Waals surface area contributed by atoms with Gasteiger partial charge in [-0.3, -0.25) is 4.79 Å². The summed E-state index contributed by atoms with van der Waals surface area (Å²) in [5.74, 6) is 3.74. The van der Waals surface area contributed by atoms with Crippen molar-refractivity contribution in [2.75, 3.05) is 11.5 Å². The molecule has 23 heavy (non-hydrogen) atoms. The van der Waals surface area contributed by atoms with Crippen LogP contribution in [0.3, 0.4) is 0 Å². The monoisotopic (exact) mass is 330 g/mol. The van der Waals surface area contributed by atoms with Crippen molar-refractivity contribution < 1.29 is 9.90 Å². The van der Waals surface area contributed by atoms with E-state index in [1.54, 1.807) is 0 Å². The molecule has 1 aromatic carbocycles. The summed E-state index contributed by atoms with van der Waals surface area (Å²) in [6, 6.07) is 4.19. The molecule has 124 valence electrons. The first kappa shape index (κ1) is 16.6. The second kappa shape index (κ2) is 6.72. The normalized spacial score (nSPS) is 25.8.